The molecule has 1 aliphatic rings. The molecule has 0 bridgehead atoms. The van der Waals surface area contributed by atoms with Gasteiger partial charge in [0.15, 0.2) is 0 Å². The Kier molecular flexibility index (Phi) is 6.08. The minimum atomic E-state index is -4.55. The van der Waals surface area contributed by atoms with Crippen LogP contribution in [0, 0.1) is 0 Å². The van der Waals surface area contributed by atoms with E-state index in [1.54, 1.807) is 0 Å². The van der Waals surface area contributed by atoms with E-state index in [9.17, 15) is 13.2 Å². The van der Waals surface area contributed by atoms with Crippen molar-refractivity contribution >= 4 is 0 Å². The molecule has 0 saturated carbocycles. The van der Waals surface area contributed by atoms with Crippen LogP contribution in [0.25, 0.3) is 0 Å². The van der Waals surface area contributed by atoms with Gasteiger partial charge < -0.3 is 10.1 Å². The lowest BCUT2D eigenvalue weighted by Crippen LogP contribution is -2.34. The topological polar surface area (TPSA) is 30.5 Å². The molecule has 1 rings (SSSR count). The first-order chi connectivity index (χ1) is 7.58. The highest BCUT2D eigenvalue weighted by molar-refractivity contribution is 4.71. The number of hydrogen-bond donors (Lipinski definition) is 1. The fraction of sp³-hybridized carbons (Fsp3) is 1.00. The van der Waals surface area contributed by atoms with Crippen molar-refractivity contribution in [3.05, 3.63) is 0 Å². The van der Waals surface area contributed by atoms with Gasteiger partial charge in [0.1, 0.15) is 0 Å². The summed E-state index contributed by atoms with van der Waals surface area (Å²) >= 11 is 0. The van der Waals surface area contributed by atoms with Crippen molar-refractivity contribution in [2.45, 2.75) is 38.1 Å². The van der Waals surface area contributed by atoms with E-state index in [0.717, 1.165) is 19.4 Å². The Morgan fingerprint density at radius 2 is 1.94 bits per heavy atom. The molecule has 0 amide bonds. The maximum absolute atomic E-state index is 11.6. The summed E-state index contributed by atoms with van der Waals surface area (Å²) in [5, 5.41) is 3.34. The molecule has 1 aliphatic heterocycles. The first kappa shape index (κ1) is 13.7. The van der Waals surface area contributed by atoms with Crippen molar-refractivity contribution in [2.75, 3.05) is 26.4 Å². The lowest BCUT2D eigenvalue weighted by Gasteiger charge is -2.23. The molecule has 1 atom stereocenters. The van der Waals surface area contributed by atoms with Crippen LogP contribution in [0.15, 0.2) is 0 Å². The molecule has 96 valence electrons. The van der Waals surface area contributed by atoms with Gasteiger partial charge in [0, 0.05) is 12.6 Å². The van der Waals surface area contributed by atoms with Crippen LogP contribution >= 0.6 is 0 Å². The summed E-state index contributed by atoms with van der Waals surface area (Å²) in [6.07, 6.45) is -0.144. The first-order valence-corrected chi connectivity index (χ1v) is 5.60. The molecule has 16 heavy (non-hydrogen) atoms. The van der Waals surface area contributed by atoms with Crippen LogP contribution in [-0.4, -0.2) is 38.8 Å². The molecule has 0 aromatic heterocycles. The van der Waals surface area contributed by atoms with Gasteiger partial charge >= 0.3 is 6.36 Å². The van der Waals surface area contributed by atoms with Crippen LogP contribution in [0.2, 0.25) is 0 Å². The summed E-state index contributed by atoms with van der Waals surface area (Å²) in [4.78, 5) is 0. The number of halogens is 3. The van der Waals surface area contributed by atoms with Gasteiger partial charge in [-0.3, -0.25) is 4.74 Å². The van der Waals surface area contributed by atoms with E-state index in [-0.39, 0.29) is 6.61 Å². The quantitative estimate of drug-likeness (QED) is 0.722. The van der Waals surface area contributed by atoms with Gasteiger partial charge in [0.25, 0.3) is 0 Å². The van der Waals surface area contributed by atoms with Crippen LogP contribution in [0.5, 0.6) is 0 Å². The summed E-state index contributed by atoms with van der Waals surface area (Å²) in [6, 6.07) is 0.456. The zero-order valence-corrected chi connectivity index (χ0v) is 9.18. The normalized spacial score (nSPS) is 22.3. The molecule has 1 fully saturated rings. The third-order valence-corrected chi connectivity index (χ3v) is 2.52. The Hall–Kier alpha value is -0.330. The number of nitrogens with one attached hydrogen (secondary N) is 1. The number of rotatable bonds is 6. The SMILES string of the molecule is FC(F)(F)OCCOCCC1CCCCN1. The highest BCUT2D eigenvalue weighted by Gasteiger charge is 2.28. The minimum Gasteiger partial charge on any atom is -0.379 e. The number of piperidine rings is 1. The summed E-state index contributed by atoms with van der Waals surface area (Å²) < 4.78 is 43.4. The van der Waals surface area contributed by atoms with Crippen LogP contribution in [0.1, 0.15) is 25.7 Å². The van der Waals surface area contributed by atoms with Gasteiger partial charge in [-0.05, 0) is 25.8 Å². The number of ether oxygens (including phenoxy) is 2. The molecule has 1 N–H and O–H groups in total. The van der Waals surface area contributed by atoms with Crippen LogP contribution in [0.4, 0.5) is 13.2 Å². The predicted octanol–water partition coefficient (Wildman–Crippen LogP) is 2.07. The van der Waals surface area contributed by atoms with Crippen molar-refractivity contribution in [1.82, 2.24) is 5.32 Å². The number of hydrogen-bond acceptors (Lipinski definition) is 3. The second-order valence-corrected chi connectivity index (χ2v) is 3.84. The molecule has 6 heteroatoms. The molecular weight excluding hydrogens is 223 g/mol. The summed E-state index contributed by atoms with van der Waals surface area (Å²) in [5.41, 5.74) is 0. The van der Waals surface area contributed by atoms with Crippen LogP contribution < -0.4 is 5.32 Å². The molecule has 3 nitrogen and oxygen atoms in total. The van der Waals surface area contributed by atoms with Crippen molar-refractivity contribution < 1.29 is 22.6 Å². The summed E-state index contributed by atoms with van der Waals surface area (Å²) in [6.45, 7) is 1.08. The largest absolute Gasteiger partial charge is 0.522 e. The monoisotopic (exact) mass is 241 g/mol. The Bertz CT molecular complexity index is 181. The third-order valence-electron chi connectivity index (χ3n) is 2.52. The highest BCUT2D eigenvalue weighted by atomic mass is 19.4. The van der Waals surface area contributed by atoms with Crippen molar-refractivity contribution in [2.24, 2.45) is 0 Å². The van der Waals surface area contributed by atoms with E-state index >= 15 is 0 Å². The average molecular weight is 241 g/mol. The Balaban J connectivity index is 1.87. The van der Waals surface area contributed by atoms with Gasteiger partial charge in [-0.25, -0.2) is 0 Å². The highest BCUT2D eigenvalue weighted by Crippen LogP contribution is 2.15. The predicted molar refractivity (Wildman–Crippen MR) is 53.1 cm³/mol. The molecule has 0 aromatic rings. The lowest BCUT2D eigenvalue weighted by atomic mass is 10.0. The van der Waals surface area contributed by atoms with Gasteiger partial charge in [0.05, 0.1) is 13.2 Å². The molecular formula is C10H18F3NO2. The standard InChI is InChI=1S/C10H18F3NO2/c11-10(12,13)16-8-7-15-6-4-9-3-1-2-5-14-9/h9,14H,1-8H2. The fourth-order valence-electron chi connectivity index (χ4n) is 1.71. The molecule has 0 spiro atoms. The molecule has 0 radical (unpaired) electrons. The lowest BCUT2D eigenvalue weighted by molar-refractivity contribution is -0.327. The summed E-state index contributed by atoms with van der Waals surface area (Å²) in [7, 11) is 0. The second kappa shape index (κ2) is 7.09. The average Bonchev–Trinajstić information content (AvgIpc) is 2.23. The number of alkyl halides is 3. The molecule has 1 saturated heterocycles. The maximum atomic E-state index is 11.6. The second-order valence-electron chi connectivity index (χ2n) is 3.84. The minimum absolute atomic E-state index is 0.00771. The van der Waals surface area contributed by atoms with Gasteiger partial charge in [-0.15, -0.1) is 13.2 Å². The van der Waals surface area contributed by atoms with Gasteiger partial charge in [-0.2, -0.15) is 0 Å². The van der Waals surface area contributed by atoms with Gasteiger partial charge in [0.2, 0.25) is 0 Å². The van der Waals surface area contributed by atoms with Gasteiger partial charge in [-0.1, -0.05) is 6.42 Å². The van der Waals surface area contributed by atoms with Crippen molar-refractivity contribution in [3.63, 3.8) is 0 Å². The Morgan fingerprint density at radius 3 is 2.56 bits per heavy atom. The van der Waals surface area contributed by atoms with Crippen molar-refractivity contribution in [1.29, 1.82) is 0 Å². The third kappa shape index (κ3) is 7.03. The van der Waals surface area contributed by atoms with E-state index in [1.165, 1.54) is 12.8 Å². The molecule has 1 heterocycles. The van der Waals surface area contributed by atoms with E-state index in [0.29, 0.717) is 12.6 Å². The van der Waals surface area contributed by atoms with E-state index in [2.05, 4.69) is 10.1 Å². The zero-order valence-electron chi connectivity index (χ0n) is 9.18. The molecule has 0 aliphatic carbocycles. The maximum Gasteiger partial charge on any atom is 0.522 e. The zero-order chi connectivity index (χ0) is 11.9. The van der Waals surface area contributed by atoms with E-state index in [4.69, 9.17) is 4.74 Å². The molecule has 0 aromatic carbocycles. The summed E-state index contributed by atoms with van der Waals surface area (Å²) in [5.74, 6) is 0. The van der Waals surface area contributed by atoms with Crippen LogP contribution in [-0.2, 0) is 9.47 Å². The Morgan fingerprint density at radius 1 is 1.12 bits per heavy atom. The van der Waals surface area contributed by atoms with Crippen molar-refractivity contribution in [3.8, 4) is 0 Å². The smallest absolute Gasteiger partial charge is 0.379 e. The first-order valence-electron chi connectivity index (χ1n) is 5.60. The van der Waals surface area contributed by atoms with E-state index < -0.39 is 13.0 Å². The Labute approximate surface area is 93.3 Å². The molecule has 1 unspecified atom stereocenters. The van der Waals surface area contributed by atoms with E-state index in [1.807, 2.05) is 0 Å². The fourth-order valence-corrected chi connectivity index (χ4v) is 1.71. The van der Waals surface area contributed by atoms with Crippen LogP contribution in [0.3, 0.4) is 0 Å².